The molecule has 370 valence electrons. The second-order valence-corrected chi connectivity index (χ2v) is 29.1. The predicted octanol–water partition coefficient (Wildman–Crippen LogP) is 16.4. The summed E-state index contributed by atoms with van der Waals surface area (Å²) in [5.41, 5.74) is 0. The lowest BCUT2D eigenvalue weighted by molar-refractivity contribution is -0.288. The Morgan fingerprint density at radius 2 is 0.470 bits per heavy atom. The first-order valence-corrected chi connectivity index (χ1v) is 31.6. The van der Waals surface area contributed by atoms with Gasteiger partial charge >= 0.3 is 0 Å². The van der Waals surface area contributed by atoms with Crippen LogP contribution in [-0.2, 0) is 0 Å². The Balaban J connectivity index is 0.857. The molecule has 0 aromatic heterocycles. The van der Waals surface area contributed by atoms with Crippen LogP contribution >= 0.6 is 0 Å². The number of hydrogen-bond acceptors (Lipinski definition) is 2. The fraction of sp³-hybridized carbons (Fsp3) is 0.969. The molecule has 0 saturated heterocycles. The molecule has 0 bridgehead atoms. The topological polar surface area (TPSA) is 6.48 Å². The molecule has 0 aromatic rings. The highest BCUT2D eigenvalue weighted by atomic mass is 15.2. The molecule has 0 spiro atoms. The Bertz CT molecular complexity index is 1570. The normalized spacial score (nSPS) is 55.7. The van der Waals surface area contributed by atoms with Crippen molar-refractivity contribution in [3.63, 3.8) is 0 Å². The Hall–Kier alpha value is -0.340. The van der Waals surface area contributed by atoms with Crippen molar-refractivity contribution in [2.75, 3.05) is 0 Å². The molecule has 0 radical (unpaired) electrons. The zero-order valence-electron chi connectivity index (χ0n) is 43.7. The Morgan fingerprint density at radius 1 is 0.242 bits per heavy atom. The molecule has 12 atom stereocenters. The molecule has 13 saturated carbocycles. The molecule has 0 aromatic carbocycles. The van der Waals surface area contributed by atoms with Crippen molar-refractivity contribution in [2.45, 2.75) is 269 Å². The molecule has 0 amide bonds. The summed E-state index contributed by atoms with van der Waals surface area (Å²) in [5, 5.41) is 0. The maximum absolute atomic E-state index is 3.58. The van der Waals surface area contributed by atoms with Gasteiger partial charge in [-0.2, -0.15) is 0 Å². The fourth-order valence-electron chi connectivity index (χ4n) is 23.7. The summed E-state index contributed by atoms with van der Waals surface area (Å²) < 4.78 is 0. The minimum Gasteiger partial charge on any atom is -0.294 e. The van der Waals surface area contributed by atoms with Crippen LogP contribution in [0.4, 0.5) is 0 Å². The molecule has 2 heteroatoms. The first kappa shape index (κ1) is 45.5. The van der Waals surface area contributed by atoms with Crippen LogP contribution in [0.3, 0.4) is 0 Å². The molecule has 13 fully saturated rings. The van der Waals surface area contributed by atoms with E-state index in [1.807, 2.05) is 0 Å². The van der Waals surface area contributed by atoms with Crippen molar-refractivity contribution in [3.8, 4) is 0 Å². The van der Waals surface area contributed by atoms with Crippen molar-refractivity contribution in [1.82, 2.24) is 9.80 Å². The van der Waals surface area contributed by atoms with Gasteiger partial charge in [0.2, 0.25) is 0 Å². The zero-order chi connectivity index (χ0) is 44.2. The van der Waals surface area contributed by atoms with Crippen molar-refractivity contribution in [3.05, 3.63) is 12.2 Å². The third-order valence-corrected chi connectivity index (χ3v) is 26.1. The van der Waals surface area contributed by atoms with Gasteiger partial charge < -0.3 is 0 Å². The van der Waals surface area contributed by atoms with Gasteiger partial charge in [-0.1, -0.05) is 78.4 Å². The lowest BCUT2D eigenvalue weighted by Gasteiger charge is -2.77. The van der Waals surface area contributed by atoms with E-state index in [1.54, 1.807) is 77.0 Å². The Labute approximate surface area is 407 Å². The fourth-order valence-corrected chi connectivity index (χ4v) is 23.7. The van der Waals surface area contributed by atoms with Gasteiger partial charge in [0.1, 0.15) is 0 Å². The summed E-state index contributed by atoms with van der Waals surface area (Å²) in [6.07, 6.45) is 55.1. The lowest BCUT2D eigenvalue weighted by Crippen LogP contribution is -2.75. The van der Waals surface area contributed by atoms with Crippen molar-refractivity contribution < 1.29 is 0 Å². The third kappa shape index (κ3) is 7.83. The number of hydrogen-bond donors (Lipinski definition) is 0. The summed E-state index contributed by atoms with van der Waals surface area (Å²) in [7, 11) is 0. The predicted molar refractivity (Wildman–Crippen MR) is 276 cm³/mol. The molecular formula is C64H104N2. The number of allylic oxidation sites excluding steroid dienone is 2. The first-order chi connectivity index (χ1) is 32.4. The van der Waals surface area contributed by atoms with Crippen molar-refractivity contribution in [1.29, 1.82) is 0 Å². The molecule has 13 rings (SSSR count). The lowest BCUT2D eigenvalue weighted by atomic mass is 9.30. The van der Waals surface area contributed by atoms with Crippen LogP contribution < -0.4 is 0 Å². The second kappa shape index (κ2) is 18.9. The Kier molecular flexibility index (Phi) is 13.1. The molecule has 13 aliphatic carbocycles. The maximum atomic E-state index is 3.58. The summed E-state index contributed by atoms with van der Waals surface area (Å²) in [4.78, 5) is 7.14. The van der Waals surface area contributed by atoms with Gasteiger partial charge in [-0.3, -0.25) is 9.80 Å². The van der Waals surface area contributed by atoms with Gasteiger partial charge in [0.05, 0.1) is 0 Å². The van der Waals surface area contributed by atoms with Crippen LogP contribution in [0.5, 0.6) is 0 Å². The molecule has 13 aliphatic rings. The van der Waals surface area contributed by atoms with Gasteiger partial charge in [-0.25, -0.2) is 0 Å². The summed E-state index contributed by atoms with van der Waals surface area (Å²) >= 11 is 0. The maximum Gasteiger partial charge on any atom is 0.0163 e. The van der Waals surface area contributed by atoms with Gasteiger partial charge in [0.15, 0.2) is 0 Å². The largest absolute Gasteiger partial charge is 0.294 e. The van der Waals surface area contributed by atoms with Crippen LogP contribution in [0.25, 0.3) is 0 Å². The molecule has 2 nitrogen and oxygen atoms in total. The average Bonchev–Trinajstić information content (AvgIpc) is 3.35. The second-order valence-electron chi connectivity index (χ2n) is 29.1. The highest BCUT2D eigenvalue weighted by Crippen LogP contribution is 2.76. The quantitative estimate of drug-likeness (QED) is 0.224. The van der Waals surface area contributed by atoms with E-state index in [0.717, 1.165) is 155 Å². The standard InChI is InChI=1S/C64H104N2/c1-39-17-25-43(26-18-39)27-28-44-29-37-48(38-30-44)66(47-35-23-42(4)24-36-47)64-55-15-7-11-51-49-9-5-13-53-57(49)61-58-50(52-12-8-16-56(64)60(52)62(61)59(51)55)10-6-14-54(58)63(53)65(45-31-19-40(2)20-32-45)46-33-21-41(3)22-34-46/h27-28,39-64H,5-26,29-38H2,1-4H3/b28-27+. The Morgan fingerprint density at radius 3 is 0.758 bits per heavy atom. The summed E-state index contributed by atoms with van der Waals surface area (Å²) in [6, 6.07) is 5.46. The van der Waals surface area contributed by atoms with Crippen LogP contribution in [0.1, 0.15) is 233 Å². The average molecular weight is 902 g/mol. The number of nitrogens with zero attached hydrogens (tertiary/aromatic N) is 2. The van der Waals surface area contributed by atoms with Crippen LogP contribution in [0.2, 0.25) is 0 Å². The van der Waals surface area contributed by atoms with Gasteiger partial charge in [0, 0.05) is 36.3 Å². The van der Waals surface area contributed by atoms with E-state index in [9.17, 15) is 0 Å². The van der Waals surface area contributed by atoms with Crippen LogP contribution in [0.15, 0.2) is 12.2 Å². The van der Waals surface area contributed by atoms with E-state index in [2.05, 4.69) is 49.6 Å². The van der Waals surface area contributed by atoms with Crippen molar-refractivity contribution in [2.24, 2.45) is 118 Å². The summed E-state index contributed by atoms with van der Waals surface area (Å²) in [5.74, 6) is 20.7. The summed E-state index contributed by atoms with van der Waals surface area (Å²) in [6.45, 7) is 10.3. The molecule has 66 heavy (non-hydrogen) atoms. The first-order valence-electron chi connectivity index (χ1n) is 31.6. The monoisotopic (exact) mass is 901 g/mol. The van der Waals surface area contributed by atoms with Crippen LogP contribution in [0, 0.1) is 118 Å². The van der Waals surface area contributed by atoms with E-state index in [1.165, 1.54) is 128 Å². The highest BCUT2D eigenvalue weighted by molar-refractivity contribution is 5.22. The van der Waals surface area contributed by atoms with Gasteiger partial charge in [0.25, 0.3) is 0 Å². The third-order valence-electron chi connectivity index (χ3n) is 26.1. The zero-order valence-corrected chi connectivity index (χ0v) is 43.7. The molecule has 12 unspecified atom stereocenters. The molecule has 0 N–H and O–H groups in total. The highest BCUT2D eigenvalue weighted by Gasteiger charge is 2.73. The van der Waals surface area contributed by atoms with E-state index in [4.69, 9.17) is 0 Å². The van der Waals surface area contributed by atoms with E-state index >= 15 is 0 Å². The molecule has 0 heterocycles. The van der Waals surface area contributed by atoms with Gasteiger partial charge in [-0.05, 0) is 285 Å². The van der Waals surface area contributed by atoms with E-state index in [0.29, 0.717) is 0 Å². The van der Waals surface area contributed by atoms with E-state index < -0.39 is 0 Å². The number of rotatable bonds is 8. The van der Waals surface area contributed by atoms with E-state index in [-0.39, 0.29) is 0 Å². The van der Waals surface area contributed by atoms with Crippen LogP contribution in [-0.4, -0.2) is 46.1 Å². The van der Waals surface area contributed by atoms with Gasteiger partial charge in [-0.15, -0.1) is 0 Å². The van der Waals surface area contributed by atoms with Crippen molar-refractivity contribution >= 4 is 0 Å². The molecular weight excluding hydrogens is 797 g/mol. The smallest absolute Gasteiger partial charge is 0.0163 e. The minimum absolute atomic E-state index is 0.862. The number of fused-ring (bicyclic) bond motifs is 2. The minimum atomic E-state index is 0.862. The molecule has 0 aliphatic heterocycles. The SMILES string of the molecule is CC1CCC(/C=C/C2CCC(N(C3CCC(C)CC3)C3C4CCCC5C6CCCC7C6C6C8C(CCCC8C7N(C7CCC(C)CC7)C7CCC(C)CC7)C7CCCC3C7C6C54)CC2)CC1.